The van der Waals surface area contributed by atoms with E-state index >= 15 is 0 Å². The average molecular weight is 275 g/mol. The molecule has 0 spiro atoms. The normalized spacial score (nSPS) is 15.1. The SMILES string of the molecule is CC(CN)C(=O)N1CCc2ccc(Cl)cc21.Cl. The van der Waals surface area contributed by atoms with Crippen LogP contribution >= 0.6 is 24.0 Å². The monoisotopic (exact) mass is 274 g/mol. The maximum Gasteiger partial charge on any atom is 0.231 e. The number of nitrogens with two attached hydrogens (primary N) is 1. The van der Waals surface area contributed by atoms with Crippen LogP contribution in [0.2, 0.25) is 5.02 Å². The van der Waals surface area contributed by atoms with Crippen LogP contribution < -0.4 is 10.6 Å². The molecule has 0 aromatic heterocycles. The van der Waals surface area contributed by atoms with Crippen molar-refractivity contribution in [3.8, 4) is 0 Å². The summed E-state index contributed by atoms with van der Waals surface area (Å²) >= 11 is 5.94. The minimum absolute atomic E-state index is 0. The van der Waals surface area contributed by atoms with Crippen molar-refractivity contribution in [2.75, 3.05) is 18.0 Å². The molecule has 1 heterocycles. The summed E-state index contributed by atoms with van der Waals surface area (Å²) in [6.45, 7) is 2.97. The molecule has 1 amide bonds. The molecule has 0 fully saturated rings. The Kier molecular flexibility index (Phi) is 4.80. The molecule has 3 nitrogen and oxygen atoms in total. The maximum absolute atomic E-state index is 12.1. The molecule has 0 saturated heterocycles. The fraction of sp³-hybridized carbons (Fsp3) is 0.417. The molecule has 1 atom stereocenters. The summed E-state index contributed by atoms with van der Waals surface area (Å²) in [6, 6.07) is 5.70. The second-order valence-electron chi connectivity index (χ2n) is 4.15. The minimum atomic E-state index is -0.134. The van der Waals surface area contributed by atoms with Gasteiger partial charge in [-0.05, 0) is 24.1 Å². The van der Waals surface area contributed by atoms with Gasteiger partial charge in [-0.2, -0.15) is 0 Å². The van der Waals surface area contributed by atoms with Crippen LogP contribution in [0, 0.1) is 5.92 Å². The number of carbonyl (C=O) groups excluding carboxylic acids is 1. The minimum Gasteiger partial charge on any atom is -0.330 e. The summed E-state index contributed by atoms with van der Waals surface area (Å²) in [5.41, 5.74) is 7.64. The Labute approximate surface area is 112 Å². The summed E-state index contributed by atoms with van der Waals surface area (Å²) in [6.07, 6.45) is 0.898. The summed E-state index contributed by atoms with van der Waals surface area (Å²) in [7, 11) is 0. The first-order valence-corrected chi connectivity index (χ1v) is 5.81. The van der Waals surface area contributed by atoms with E-state index < -0.39 is 0 Å². The number of hydrogen-bond donors (Lipinski definition) is 1. The van der Waals surface area contributed by atoms with Gasteiger partial charge in [0.1, 0.15) is 0 Å². The molecule has 1 aliphatic rings. The van der Waals surface area contributed by atoms with Gasteiger partial charge < -0.3 is 10.6 Å². The van der Waals surface area contributed by atoms with Crippen molar-refractivity contribution in [2.45, 2.75) is 13.3 Å². The molecule has 2 rings (SSSR count). The van der Waals surface area contributed by atoms with Gasteiger partial charge in [0.15, 0.2) is 0 Å². The molecule has 5 heteroatoms. The van der Waals surface area contributed by atoms with Gasteiger partial charge in [-0.3, -0.25) is 4.79 Å². The van der Waals surface area contributed by atoms with E-state index in [-0.39, 0.29) is 24.2 Å². The molecule has 0 bridgehead atoms. The Morgan fingerprint density at radius 2 is 2.29 bits per heavy atom. The Morgan fingerprint density at radius 1 is 1.59 bits per heavy atom. The predicted octanol–water partition coefficient (Wildman–Crippen LogP) is 2.25. The fourth-order valence-corrected chi connectivity index (χ4v) is 2.11. The number of nitrogens with zero attached hydrogens (tertiary/aromatic N) is 1. The summed E-state index contributed by atoms with van der Waals surface area (Å²) in [5, 5.41) is 0.666. The van der Waals surface area contributed by atoms with Crippen molar-refractivity contribution in [3.05, 3.63) is 28.8 Å². The van der Waals surface area contributed by atoms with Crippen LogP contribution in [-0.2, 0) is 11.2 Å². The number of hydrogen-bond acceptors (Lipinski definition) is 2. The lowest BCUT2D eigenvalue weighted by molar-refractivity contribution is -0.121. The zero-order valence-electron chi connectivity index (χ0n) is 9.65. The van der Waals surface area contributed by atoms with Gasteiger partial charge in [-0.1, -0.05) is 24.6 Å². The molecule has 0 radical (unpaired) electrons. The van der Waals surface area contributed by atoms with E-state index in [2.05, 4.69) is 0 Å². The fourth-order valence-electron chi connectivity index (χ4n) is 1.95. The third-order valence-corrected chi connectivity index (χ3v) is 3.22. The number of fused-ring (bicyclic) bond motifs is 1. The molecule has 0 aliphatic carbocycles. The first-order chi connectivity index (χ1) is 7.63. The highest BCUT2D eigenvalue weighted by Gasteiger charge is 2.27. The number of rotatable bonds is 2. The van der Waals surface area contributed by atoms with Crippen molar-refractivity contribution in [1.29, 1.82) is 0 Å². The van der Waals surface area contributed by atoms with E-state index in [4.69, 9.17) is 17.3 Å². The van der Waals surface area contributed by atoms with Crippen molar-refractivity contribution in [3.63, 3.8) is 0 Å². The van der Waals surface area contributed by atoms with Crippen LogP contribution in [0.25, 0.3) is 0 Å². The topological polar surface area (TPSA) is 46.3 Å². The summed E-state index contributed by atoms with van der Waals surface area (Å²) in [5.74, 6) is -0.0477. The van der Waals surface area contributed by atoms with Gasteiger partial charge in [0.2, 0.25) is 5.91 Å². The van der Waals surface area contributed by atoms with Gasteiger partial charge >= 0.3 is 0 Å². The average Bonchev–Trinajstić information content (AvgIpc) is 2.69. The third kappa shape index (κ3) is 2.73. The van der Waals surface area contributed by atoms with Gasteiger partial charge in [-0.15, -0.1) is 12.4 Å². The number of halogens is 2. The van der Waals surface area contributed by atoms with Gasteiger partial charge in [0, 0.05) is 29.7 Å². The maximum atomic E-state index is 12.1. The first kappa shape index (κ1) is 14.3. The van der Waals surface area contributed by atoms with Crippen LogP contribution in [0.4, 0.5) is 5.69 Å². The van der Waals surface area contributed by atoms with E-state index in [0.29, 0.717) is 11.6 Å². The molecule has 0 saturated carbocycles. The van der Waals surface area contributed by atoms with E-state index in [1.165, 1.54) is 5.56 Å². The highest BCUT2D eigenvalue weighted by atomic mass is 35.5. The highest BCUT2D eigenvalue weighted by Crippen LogP contribution is 2.31. The Balaban J connectivity index is 0.00000144. The molecule has 1 aliphatic heterocycles. The lowest BCUT2D eigenvalue weighted by Gasteiger charge is -2.20. The molecule has 1 aromatic carbocycles. The summed E-state index contributed by atoms with van der Waals surface area (Å²) < 4.78 is 0. The van der Waals surface area contributed by atoms with Crippen LogP contribution in [0.15, 0.2) is 18.2 Å². The quantitative estimate of drug-likeness (QED) is 0.899. The molecular formula is C12H16Cl2N2O. The number of amides is 1. The van der Waals surface area contributed by atoms with Gasteiger partial charge in [-0.25, -0.2) is 0 Å². The Hall–Kier alpha value is -0.770. The van der Waals surface area contributed by atoms with Crippen molar-refractivity contribution < 1.29 is 4.79 Å². The van der Waals surface area contributed by atoms with Gasteiger partial charge in [0.25, 0.3) is 0 Å². The molecule has 1 unspecified atom stereocenters. The molecule has 1 aromatic rings. The number of carbonyl (C=O) groups is 1. The smallest absolute Gasteiger partial charge is 0.231 e. The first-order valence-electron chi connectivity index (χ1n) is 5.43. The van der Waals surface area contributed by atoms with E-state index in [1.807, 2.05) is 25.1 Å². The highest BCUT2D eigenvalue weighted by molar-refractivity contribution is 6.31. The van der Waals surface area contributed by atoms with E-state index in [1.54, 1.807) is 4.90 Å². The largest absolute Gasteiger partial charge is 0.330 e. The molecule has 17 heavy (non-hydrogen) atoms. The molecular weight excluding hydrogens is 259 g/mol. The summed E-state index contributed by atoms with van der Waals surface area (Å²) in [4.78, 5) is 13.8. The van der Waals surface area contributed by atoms with Crippen LogP contribution in [-0.4, -0.2) is 19.0 Å². The third-order valence-electron chi connectivity index (χ3n) is 2.98. The number of anilines is 1. The van der Waals surface area contributed by atoms with Crippen molar-refractivity contribution in [2.24, 2.45) is 11.7 Å². The van der Waals surface area contributed by atoms with Crippen LogP contribution in [0.3, 0.4) is 0 Å². The standard InChI is InChI=1S/C12H15ClN2O.ClH/c1-8(7-14)12(16)15-5-4-9-2-3-10(13)6-11(9)15;/h2-3,6,8H,4-5,7,14H2,1H3;1H. The second-order valence-corrected chi connectivity index (χ2v) is 4.59. The van der Waals surface area contributed by atoms with Crippen molar-refractivity contribution >= 4 is 35.6 Å². The predicted molar refractivity (Wildman–Crippen MR) is 73.0 cm³/mol. The lowest BCUT2D eigenvalue weighted by atomic mass is 10.1. The Bertz CT molecular complexity index is 423. The zero-order valence-corrected chi connectivity index (χ0v) is 11.2. The van der Waals surface area contributed by atoms with Gasteiger partial charge in [0.05, 0.1) is 0 Å². The van der Waals surface area contributed by atoms with E-state index in [0.717, 1.165) is 18.7 Å². The van der Waals surface area contributed by atoms with Crippen LogP contribution in [0.1, 0.15) is 12.5 Å². The zero-order chi connectivity index (χ0) is 11.7. The van der Waals surface area contributed by atoms with Crippen LogP contribution in [0.5, 0.6) is 0 Å². The Morgan fingerprint density at radius 3 is 2.94 bits per heavy atom. The number of benzene rings is 1. The molecule has 94 valence electrons. The second kappa shape index (κ2) is 5.71. The molecule has 2 N–H and O–H groups in total. The van der Waals surface area contributed by atoms with E-state index in [9.17, 15) is 4.79 Å². The van der Waals surface area contributed by atoms with Crippen molar-refractivity contribution in [1.82, 2.24) is 0 Å². The lowest BCUT2D eigenvalue weighted by Crippen LogP contribution is -2.36.